The van der Waals surface area contributed by atoms with Crippen molar-refractivity contribution < 1.29 is 4.74 Å². The van der Waals surface area contributed by atoms with Crippen LogP contribution in [0.2, 0.25) is 0 Å². The summed E-state index contributed by atoms with van der Waals surface area (Å²) in [6, 6.07) is 8.20. The zero-order valence-electron chi connectivity index (χ0n) is 12.8. The molecule has 1 saturated heterocycles. The van der Waals surface area contributed by atoms with Gasteiger partial charge >= 0.3 is 0 Å². The molecular weight excluding hydrogens is 492 g/mol. The summed E-state index contributed by atoms with van der Waals surface area (Å²) >= 11 is 2.32. The minimum absolute atomic E-state index is 0. The third-order valence-electron chi connectivity index (χ3n) is 3.46. The van der Waals surface area contributed by atoms with E-state index in [1.807, 2.05) is 39.3 Å². The summed E-state index contributed by atoms with van der Waals surface area (Å²) in [5.74, 6) is 2.06. The van der Waals surface area contributed by atoms with Crippen molar-refractivity contribution in [1.82, 2.24) is 9.80 Å². The van der Waals surface area contributed by atoms with Crippen molar-refractivity contribution in [2.45, 2.75) is 18.9 Å². The molecule has 0 spiro atoms. The minimum atomic E-state index is 0. The Morgan fingerprint density at radius 3 is 2.43 bits per heavy atom. The minimum Gasteiger partial charge on any atom is -0.489 e. The van der Waals surface area contributed by atoms with Gasteiger partial charge in [0.25, 0.3) is 0 Å². The van der Waals surface area contributed by atoms with Crippen LogP contribution < -0.4 is 4.74 Å². The van der Waals surface area contributed by atoms with Gasteiger partial charge in [-0.05, 0) is 34.7 Å². The lowest BCUT2D eigenvalue weighted by Gasteiger charge is -2.36. The first-order valence-electron chi connectivity index (χ1n) is 6.92. The van der Waals surface area contributed by atoms with Crippen molar-refractivity contribution in [1.29, 1.82) is 0 Å². The Labute approximate surface area is 158 Å². The summed E-state index contributed by atoms with van der Waals surface area (Å²) in [5.41, 5.74) is 0. The van der Waals surface area contributed by atoms with Gasteiger partial charge in [-0.2, -0.15) is 0 Å². The molecule has 0 aliphatic carbocycles. The molecule has 1 aromatic rings. The Morgan fingerprint density at radius 2 is 1.90 bits per heavy atom. The van der Waals surface area contributed by atoms with E-state index in [0.717, 1.165) is 37.6 Å². The van der Waals surface area contributed by atoms with E-state index >= 15 is 0 Å². The Hall–Kier alpha value is -0.250. The Morgan fingerprint density at radius 1 is 1.29 bits per heavy atom. The van der Waals surface area contributed by atoms with Gasteiger partial charge < -0.3 is 14.5 Å². The second kappa shape index (κ2) is 9.02. The second-order valence-corrected chi connectivity index (χ2v) is 6.31. The van der Waals surface area contributed by atoms with Crippen LogP contribution >= 0.6 is 46.6 Å². The fraction of sp³-hybridized carbons (Fsp3) is 0.533. The van der Waals surface area contributed by atoms with Crippen LogP contribution in [0.15, 0.2) is 29.3 Å². The Bertz CT molecular complexity index is 472. The third kappa shape index (κ3) is 5.15. The maximum absolute atomic E-state index is 6.12. The van der Waals surface area contributed by atoms with Gasteiger partial charge in [0.2, 0.25) is 0 Å². The Kier molecular flexibility index (Phi) is 8.07. The summed E-state index contributed by atoms with van der Waals surface area (Å²) < 4.78 is 7.30. The standard InChI is InChI=1S/C15H22IN3O.HI/c1-17-15(18(2)3)19-10-8-12(9-11-19)20-14-7-5-4-6-13(14)16;/h4-7,12H,8-11H2,1-3H3;1H. The van der Waals surface area contributed by atoms with Crippen molar-refractivity contribution in [3.63, 3.8) is 0 Å². The second-order valence-electron chi connectivity index (χ2n) is 5.15. The molecule has 6 heteroatoms. The molecule has 21 heavy (non-hydrogen) atoms. The number of ether oxygens (including phenoxy) is 1. The number of para-hydroxylation sites is 1. The Balaban J connectivity index is 0.00000220. The van der Waals surface area contributed by atoms with E-state index in [0.29, 0.717) is 6.10 Å². The van der Waals surface area contributed by atoms with Crippen molar-refractivity contribution >= 4 is 52.5 Å². The summed E-state index contributed by atoms with van der Waals surface area (Å²) in [7, 11) is 5.93. The van der Waals surface area contributed by atoms with Gasteiger partial charge in [0.1, 0.15) is 11.9 Å². The summed E-state index contributed by atoms with van der Waals surface area (Å²) in [6.07, 6.45) is 2.39. The summed E-state index contributed by atoms with van der Waals surface area (Å²) in [5, 5.41) is 0. The highest BCUT2D eigenvalue weighted by Crippen LogP contribution is 2.24. The molecule has 118 valence electrons. The molecule has 0 radical (unpaired) electrons. The van der Waals surface area contributed by atoms with E-state index in [4.69, 9.17) is 4.74 Å². The van der Waals surface area contributed by atoms with Gasteiger partial charge in [-0.1, -0.05) is 12.1 Å². The van der Waals surface area contributed by atoms with Gasteiger partial charge in [-0.3, -0.25) is 4.99 Å². The number of halogens is 2. The SMILES string of the molecule is CN=C(N(C)C)N1CCC(Oc2ccccc2I)CC1.I. The quantitative estimate of drug-likeness (QED) is 0.344. The van der Waals surface area contributed by atoms with E-state index in [2.05, 4.69) is 43.4 Å². The first-order valence-corrected chi connectivity index (χ1v) is 8.00. The number of hydrogen-bond acceptors (Lipinski definition) is 2. The fourth-order valence-electron chi connectivity index (χ4n) is 2.52. The topological polar surface area (TPSA) is 28.1 Å². The number of hydrogen-bond donors (Lipinski definition) is 0. The highest BCUT2D eigenvalue weighted by Gasteiger charge is 2.23. The van der Waals surface area contributed by atoms with Gasteiger partial charge in [0, 0.05) is 47.1 Å². The maximum atomic E-state index is 6.12. The van der Waals surface area contributed by atoms with Gasteiger partial charge in [-0.15, -0.1) is 24.0 Å². The first kappa shape index (κ1) is 18.8. The van der Waals surface area contributed by atoms with Crippen molar-refractivity contribution in [2.75, 3.05) is 34.2 Å². The van der Waals surface area contributed by atoms with Crippen LogP contribution in [0.25, 0.3) is 0 Å². The van der Waals surface area contributed by atoms with Crippen LogP contribution in [-0.2, 0) is 0 Å². The van der Waals surface area contributed by atoms with Crippen LogP contribution in [0.3, 0.4) is 0 Å². The average Bonchev–Trinajstić information content (AvgIpc) is 2.43. The number of likely N-dealkylation sites (tertiary alicyclic amines) is 1. The molecule has 0 atom stereocenters. The summed E-state index contributed by atoms with van der Waals surface area (Å²) in [4.78, 5) is 8.76. The van der Waals surface area contributed by atoms with Gasteiger partial charge in [0.05, 0.1) is 3.57 Å². The van der Waals surface area contributed by atoms with Gasteiger partial charge in [0.15, 0.2) is 5.96 Å². The number of benzene rings is 1. The van der Waals surface area contributed by atoms with E-state index in [-0.39, 0.29) is 24.0 Å². The van der Waals surface area contributed by atoms with E-state index in [1.54, 1.807) is 0 Å². The number of piperidine rings is 1. The lowest BCUT2D eigenvalue weighted by Crippen LogP contribution is -2.47. The van der Waals surface area contributed by atoms with Crippen LogP contribution in [-0.4, -0.2) is 56.1 Å². The molecule has 1 aromatic carbocycles. The largest absolute Gasteiger partial charge is 0.489 e. The molecule has 1 heterocycles. The number of guanidine groups is 1. The van der Waals surface area contributed by atoms with E-state index in [1.165, 1.54) is 3.57 Å². The molecule has 0 N–H and O–H groups in total. The number of nitrogens with zero attached hydrogens (tertiary/aromatic N) is 3. The maximum Gasteiger partial charge on any atom is 0.195 e. The highest BCUT2D eigenvalue weighted by atomic mass is 127. The first-order chi connectivity index (χ1) is 9.61. The van der Waals surface area contributed by atoms with Crippen LogP contribution in [0.4, 0.5) is 0 Å². The number of rotatable bonds is 2. The lowest BCUT2D eigenvalue weighted by atomic mass is 10.1. The fourth-order valence-corrected chi connectivity index (χ4v) is 3.03. The van der Waals surface area contributed by atoms with Crippen LogP contribution in [0, 0.1) is 3.57 Å². The van der Waals surface area contributed by atoms with Crippen molar-refractivity contribution in [3.8, 4) is 5.75 Å². The predicted molar refractivity (Wildman–Crippen MR) is 107 cm³/mol. The smallest absolute Gasteiger partial charge is 0.195 e. The van der Waals surface area contributed by atoms with Gasteiger partial charge in [-0.25, -0.2) is 0 Å². The molecule has 4 nitrogen and oxygen atoms in total. The molecule has 1 aliphatic rings. The third-order valence-corrected chi connectivity index (χ3v) is 4.35. The molecule has 0 aromatic heterocycles. The van der Waals surface area contributed by atoms with Crippen LogP contribution in [0.5, 0.6) is 5.75 Å². The zero-order chi connectivity index (χ0) is 14.5. The molecule has 1 fully saturated rings. The molecule has 0 unspecified atom stereocenters. The normalized spacial score (nSPS) is 16.4. The van der Waals surface area contributed by atoms with Crippen molar-refractivity contribution in [2.24, 2.45) is 4.99 Å². The molecule has 0 bridgehead atoms. The van der Waals surface area contributed by atoms with E-state index < -0.39 is 0 Å². The molecule has 2 rings (SSSR count). The van der Waals surface area contributed by atoms with Crippen LogP contribution in [0.1, 0.15) is 12.8 Å². The predicted octanol–water partition coefficient (Wildman–Crippen LogP) is 3.30. The lowest BCUT2D eigenvalue weighted by molar-refractivity contribution is 0.125. The molecular formula is C15H23I2N3O. The summed E-state index contributed by atoms with van der Waals surface area (Å²) in [6.45, 7) is 2.00. The molecule has 0 saturated carbocycles. The van der Waals surface area contributed by atoms with E-state index in [9.17, 15) is 0 Å². The average molecular weight is 515 g/mol. The van der Waals surface area contributed by atoms with Crippen molar-refractivity contribution in [3.05, 3.63) is 27.8 Å². The monoisotopic (exact) mass is 515 g/mol. The highest BCUT2D eigenvalue weighted by molar-refractivity contribution is 14.1. The molecule has 1 aliphatic heterocycles. The molecule has 0 amide bonds. The zero-order valence-corrected chi connectivity index (χ0v) is 17.2. The number of aliphatic imine (C=N–C) groups is 1.